The maximum atomic E-state index is 9.79. The van der Waals surface area contributed by atoms with Gasteiger partial charge in [-0.2, -0.15) is 4.98 Å². The first kappa shape index (κ1) is 11.7. The van der Waals surface area contributed by atoms with E-state index in [0.717, 1.165) is 5.56 Å². The molecule has 2 aromatic heterocycles. The Balaban J connectivity index is 2.17. The van der Waals surface area contributed by atoms with Gasteiger partial charge >= 0.3 is 0 Å². The lowest BCUT2D eigenvalue weighted by molar-refractivity contribution is 0.0610. The molecule has 0 saturated heterocycles. The molecule has 1 atom stereocenters. The lowest BCUT2D eigenvalue weighted by atomic mass is 10.0. The third-order valence-corrected chi connectivity index (χ3v) is 2.38. The summed E-state index contributed by atoms with van der Waals surface area (Å²) in [4.78, 5) is 8.10. The molecule has 3 N–H and O–H groups in total. The highest BCUT2D eigenvalue weighted by molar-refractivity contribution is 5.52. The molecular formula is C11H14N4O2. The third kappa shape index (κ3) is 2.86. The molecule has 17 heavy (non-hydrogen) atoms. The van der Waals surface area contributed by atoms with Gasteiger partial charge in [0.25, 0.3) is 0 Å². The first-order valence-corrected chi connectivity index (χ1v) is 5.26. The lowest BCUT2D eigenvalue weighted by Crippen LogP contribution is -2.36. The normalized spacial score (nSPS) is 14.5. The minimum Gasteiger partial charge on any atom is -0.388 e. The van der Waals surface area contributed by atoms with Gasteiger partial charge < -0.3 is 15.4 Å². The summed E-state index contributed by atoms with van der Waals surface area (Å²) in [6, 6.07) is 3.57. The molecule has 0 aliphatic rings. The average molecular weight is 234 g/mol. The summed E-state index contributed by atoms with van der Waals surface area (Å²) < 4.78 is 5.06. The second-order valence-corrected chi connectivity index (χ2v) is 4.13. The van der Waals surface area contributed by atoms with Crippen LogP contribution in [0.2, 0.25) is 0 Å². The molecule has 1 unspecified atom stereocenters. The molecule has 0 aliphatic heterocycles. The number of aromatic nitrogens is 3. The molecule has 2 rings (SSSR count). The molecule has 2 aromatic rings. The lowest BCUT2D eigenvalue weighted by Gasteiger charge is -2.17. The zero-order valence-electron chi connectivity index (χ0n) is 9.50. The van der Waals surface area contributed by atoms with Crippen molar-refractivity contribution in [3.63, 3.8) is 0 Å². The summed E-state index contributed by atoms with van der Waals surface area (Å²) in [6.45, 7) is 1.77. The Hall–Kier alpha value is -1.79. The maximum Gasteiger partial charge on any atom is 0.229 e. The summed E-state index contributed by atoms with van der Waals surface area (Å²) in [5.74, 6) is 0.850. The van der Waals surface area contributed by atoms with E-state index in [4.69, 9.17) is 10.3 Å². The molecule has 6 heteroatoms. The number of nitrogens with two attached hydrogens (primary N) is 1. The molecule has 0 saturated carbocycles. The highest BCUT2D eigenvalue weighted by Gasteiger charge is 2.22. The molecule has 90 valence electrons. The zero-order valence-corrected chi connectivity index (χ0v) is 9.50. The minimum atomic E-state index is -1.03. The van der Waals surface area contributed by atoms with E-state index in [0.29, 0.717) is 11.7 Å². The monoisotopic (exact) mass is 234 g/mol. The molecule has 0 radical (unpaired) electrons. The molecule has 0 amide bonds. The van der Waals surface area contributed by atoms with E-state index < -0.39 is 5.60 Å². The third-order valence-electron chi connectivity index (χ3n) is 2.38. The predicted octanol–water partition coefficient (Wildman–Crippen LogP) is 0.384. The van der Waals surface area contributed by atoms with E-state index in [1.54, 1.807) is 31.5 Å². The summed E-state index contributed by atoms with van der Waals surface area (Å²) in [5, 5.41) is 13.6. The second kappa shape index (κ2) is 4.60. The number of rotatable bonds is 4. The Labute approximate surface area is 98.5 Å². The van der Waals surface area contributed by atoms with Crippen LogP contribution in [-0.2, 0) is 6.42 Å². The molecule has 0 aromatic carbocycles. The van der Waals surface area contributed by atoms with Crippen LogP contribution < -0.4 is 5.73 Å². The van der Waals surface area contributed by atoms with Crippen LogP contribution in [0.1, 0.15) is 12.8 Å². The van der Waals surface area contributed by atoms with Gasteiger partial charge in [-0.25, -0.2) is 0 Å². The van der Waals surface area contributed by atoms with Crippen LogP contribution in [0.3, 0.4) is 0 Å². The van der Waals surface area contributed by atoms with Crippen molar-refractivity contribution in [2.24, 2.45) is 5.73 Å². The Kier molecular flexibility index (Phi) is 3.16. The van der Waals surface area contributed by atoms with Crippen LogP contribution in [0.4, 0.5) is 0 Å². The Bertz CT molecular complexity index is 481. The largest absolute Gasteiger partial charge is 0.388 e. The minimum absolute atomic E-state index is 0.139. The van der Waals surface area contributed by atoms with E-state index in [2.05, 4.69) is 15.1 Å². The molecule has 2 heterocycles. The van der Waals surface area contributed by atoms with Crippen molar-refractivity contribution in [2.45, 2.75) is 18.9 Å². The van der Waals surface area contributed by atoms with Crippen molar-refractivity contribution in [1.29, 1.82) is 0 Å². The summed E-state index contributed by atoms with van der Waals surface area (Å²) in [6.07, 6.45) is 3.55. The molecule has 0 bridgehead atoms. The van der Waals surface area contributed by atoms with Gasteiger partial charge in [-0.3, -0.25) is 4.98 Å². The van der Waals surface area contributed by atoms with Gasteiger partial charge in [0.2, 0.25) is 11.7 Å². The topological polar surface area (TPSA) is 98.1 Å². The fraction of sp³-hybridized carbons (Fsp3) is 0.364. The van der Waals surface area contributed by atoms with Gasteiger partial charge in [0.1, 0.15) is 0 Å². The zero-order chi connectivity index (χ0) is 12.3. The number of pyridine rings is 1. The van der Waals surface area contributed by atoms with Gasteiger partial charge in [-0.05, 0) is 19.1 Å². The smallest absolute Gasteiger partial charge is 0.229 e. The predicted molar refractivity (Wildman–Crippen MR) is 60.9 cm³/mol. The summed E-state index contributed by atoms with van der Waals surface area (Å²) >= 11 is 0. The van der Waals surface area contributed by atoms with Crippen molar-refractivity contribution in [3.8, 4) is 11.4 Å². The number of hydrogen-bond donors (Lipinski definition) is 2. The Morgan fingerprint density at radius 1 is 1.41 bits per heavy atom. The average Bonchev–Trinajstić information content (AvgIpc) is 2.78. The molecule has 0 fully saturated rings. The van der Waals surface area contributed by atoms with Crippen LogP contribution in [0, 0.1) is 0 Å². The van der Waals surface area contributed by atoms with Crippen LogP contribution in [-0.4, -0.2) is 32.4 Å². The molecular weight excluding hydrogens is 220 g/mol. The molecule has 0 spiro atoms. The Morgan fingerprint density at radius 3 is 2.76 bits per heavy atom. The van der Waals surface area contributed by atoms with Crippen molar-refractivity contribution in [2.75, 3.05) is 6.54 Å². The molecule has 0 aliphatic carbocycles. The Morgan fingerprint density at radius 2 is 2.12 bits per heavy atom. The fourth-order valence-electron chi connectivity index (χ4n) is 1.34. The fourth-order valence-corrected chi connectivity index (χ4v) is 1.34. The van der Waals surface area contributed by atoms with Crippen LogP contribution in [0.15, 0.2) is 29.0 Å². The van der Waals surface area contributed by atoms with Crippen molar-refractivity contribution in [1.82, 2.24) is 15.1 Å². The second-order valence-electron chi connectivity index (χ2n) is 4.13. The van der Waals surface area contributed by atoms with Crippen LogP contribution in [0.5, 0.6) is 0 Å². The highest BCUT2D eigenvalue weighted by atomic mass is 16.5. The highest BCUT2D eigenvalue weighted by Crippen LogP contribution is 2.16. The first-order chi connectivity index (χ1) is 8.11. The van der Waals surface area contributed by atoms with E-state index in [1.165, 1.54) is 0 Å². The SMILES string of the molecule is CC(O)(CN)Cc1nc(-c2ccncc2)no1. The van der Waals surface area contributed by atoms with Gasteiger partial charge in [-0.15, -0.1) is 0 Å². The standard InChI is InChI=1S/C11H14N4O2/c1-11(16,7-12)6-9-14-10(15-17-9)8-2-4-13-5-3-8/h2-5,16H,6-7,12H2,1H3. The van der Waals surface area contributed by atoms with Crippen LogP contribution >= 0.6 is 0 Å². The van der Waals surface area contributed by atoms with E-state index in [1.807, 2.05) is 0 Å². The van der Waals surface area contributed by atoms with Crippen molar-refractivity contribution in [3.05, 3.63) is 30.4 Å². The van der Waals surface area contributed by atoms with Gasteiger partial charge in [-0.1, -0.05) is 5.16 Å². The van der Waals surface area contributed by atoms with Crippen molar-refractivity contribution >= 4 is 0 Å². The van der Waals surface area contributed by atoms with Crippen molar-refractivity contribution < 1.29 is 9.63 Å². The molecule has 6 nitrogen and oxygen atoms in total. The van der Waals surface area contributed by atoms with Gasteiger partial charge in [0.05, 0.1) is 12.0 Å². The van der Waals surface area contributed by atoms with E-state index >= 15 is 0 Å². The van der Waals surface area contributed by atoms with E-state index in [9.17, 15) is 5.11 Å². The van der Waals surface area contributed by atoms with Gasteiger partial charge in [0.15, 0.2) is 0 Å². The number of nitrogens with zero attached hydrogens (tertiary/aromatic N) is 3. The number of hydrogen-bond acceptors (Lipinski definition) is 6. The first-order valence-electron chi connectivity index (χ1n) is 5.26. The van der Waals surface area contributed by atoms with E-state index in [-0.39, 0.29) is 13.0 Å². The summed E-state index contributed by atoms with van der Waals surface area (Å²) in [7, 11) is 0. The maximum absolute atomic E-state index is 9.79. The van der Waals surface area contributed by atoms with Gasteiger partial charge in [0, 0.05) is 24.5 Å². The van der Waals surface area contributed by atoms with Crippen LogP contribution in [0.25, 0.3) is 11.4 Å². The quantitative estimate of drug-likeness (QED) is 0.793. The summed E-state index contributed by atoms with van der Waals surface area (Å²) in [5.41, 5.74) is 5.22. The number of aliphatic hydroxyl groups is 1.